The van der Waals surface area contributed by atoms with Crippen LogP contribution >= 0.6 is 0 Å². The van der Waals surface area contributed by atoms with E-state index in [1.54, 1.807) is 11.0 Å². The minimum Gasteiger partial charge on any atom is -0.410 e. The molecule has 0 unspecified atom stereocenters. The van der Waals surface area contributed by atoms with E-state index in [0.29, 0.717) is 13.0 Å². The number of sulfone groups is 1. The van der Waals surface area contributed by atoms with E-state index >= 15 is 0 Å². The fourth-order valence-electron chi connectivity index (χ4n) is 2.73. The maximum atomic E-state index is 12.5. The lowest BCUT2D eigenvalue weighted by Crippen LogP contribution is -2.29. The molecule has 1 aliphatic heterocycles. The molecule has 0 bridgehead atoms. The van der Waals surface area contributed by atoms with Crippen molar-refractivity contribution in [1.29, 1.82) is 0 Å². The van der Waals surface area contributed by atoms with Gasteiger partial charge in [0.1, 0.15) is 6.04 Å². The van der Waals surface area contributed by atoms with Crippen molar-refractivity contribution < 1.29 is 17.6 Å². The van der Waals surface area contributed by atoms with Crippen LogP contribution in [0, 0.1) is 6.92 Å². The van der Waals surface area contributed by atoms with Gasteiger partial charge in [-0.05, 0) is 31.4 Å². The molecule has 1 aromatic carbocycles. The topological polar surface area (TPSA) is 93.4 Å². The molecule has 0 saturated carbocycles. The summed E-state index contributed by atoms with van der Waals surface area (Å²) in [7, 11) is -3.56. The van der Waals surface area contributed by atoms with Crippen LogP contribution in [0.4, 0.5) is 0 Å². The van der Waals surface area contributed by atoms with Gasteiger partial charge < -0.3 is 9.32 Å². The fraction of sp³-hybridized carbons (Fsp3) is 0.353. The zero-order valence-electron chi connectivity index (χ0n) is 14.0. The Morgan fingerprint density at radius 3 is 2.64 bits per heavy atom. The third-order valence-electron chi connectivity index (χ3n) is 4.06. The lowest BCUT2D eigenvalue weighted by atomic mass is 10.1. The van der Waals surface area contributed by atoms with Crippen molar-refractivity contribution in [2.75, 3.05) is 12.8 Å². The first-order valence-electron chi connectivity index (χ1n) is 7.93. The highest BCUT2D eigenvalue weighted by Gasteiger charge is 2.33. The van der Waals surface area contributed by atoms with Gasteiger partial charge in [0.25, 0.3) is 0 Å². The number of carbonyl (C=O) groups is 1. The summed E-state index contributed by atoms with van der Waals surface area (Å²) in [5, 5.41) is 6.96. The van der Waals surface area contributed by atoms with Crippen molar-refractivity contribution in [2.45, 2.75) is 31.0 Å². The molecule has 132 valence electrons. The molecule has 8 heteroatoms. The van der Waals surface area contributed by atoms with Gasteiger partial charge in [-0.15, -0.1) is 5.10 Å². The molecule has 0 radical (unpaired) electrons. The standard InChI is InChI=1S/C17H19N3O4S/c1-12-5-7-13(8-6-12)9-10-15(21)20-11-3-4-14(20)16-18-19-17(24-16)25(2,22)23/h5-10,14H,3-4,11H2,1-2H3/b10-9+/t14-/m0/s1. The monoisotopic (exact) mass is 361 g/mol. The van der Waals surface area contributed by atoms with Crippen LogP contribution in [-0.2, 0) is 14.6 Å². The average molecular weight is 361 g/mol. The van der Waals surface area contributed by atoms with Crippen LogP contribution in [-0.4, -0.2) is 42.2 Å². The van der Waals surface area contributed by atoms with Crippen LogP contribution in [0.5, 0.6) is 0 Å². The summed E-state index contributed by atoms with van der Waals surface area (Å²) in [4.78, 5) is 14.1. The van der Waals surface area contributed by atoms with E-state index < -0.39 is 21.1 Å². The van der Waals surface area contributed by atoms with Crippen molar-refractivity contribution in [3.8, 4) is 0 Å². The zero-order valence-corrected chi connectivity index (χ0v) is 14.9. The minimum atomic E-state index is -3.56. The summed E-state index contributed by atoms with van der Waals surface area (Å²) in [6, 6.07) is 7.45. The summed E-state index contributed by atoms with van der Waals surface area (Å²) < 4.78 is 28.2. The number of nitrogens with zero attached hydrogens (tertiary/aromatic N) is 3. The lowest BCUT2D eigenvalue weighted by Gasteiger charge is -2.20. The molecule has 1 aromatic heterocycles. The van der Waals surface area contributed by atoms with Gasteiger partial charge in [0.2, 0.25) is 21.6 Å². The Kier molecular flexibility index (Phi) is 4.71. The molecule has 1 fully saturated rings. The third-order valence-corrected chi connectivity index (χ3v) is 4.86. The Labute approximate surface area is 146 Å². The molecule has 0 spiro atoms. The fourth-order valence-corrected chi connectivity index (χ4v) is 3.16. The highest BCUT2D eigenvalue weighted by molar-refractivity contribution is 7.90. The number of likely N-dealkylation sites (tertiary alicyclic amines) is 1. The van der Waals surface area contributed by atoms with Crippen LogP contribution in [0.2, 0.25) is 0 Å². The molecule has 25 heavy (non-hydrogen) atoms. The van der Waals surface area contributed by atoms with Crippen LogP contribution in [0.3, 0.4) is 0 Å². The second-order valence-electron chi connectivity index (χ2n) is 6.11. The van der Waals surface area contributed by atoms with E-state index in [-0.39, 0.29) is 11.8 Å². The molecule has 1 amide bonds. The van der Waals surface area contributed by atoms with Crippen LogP contribution < -0.4 is 0 Å². The quantitative estimate of drug-likeness (QED) is 0.775. The zero-order chi connectivity index (χ0) is 18.0. The Balaban J connectivity index is 1.75. The second-order valence-corrected chi connectivity index (χ2v) is 8.01. The Morgan fingerprint density at radius 1 is 1.28 bits per heavy atom. The predicted molar refractivity (Wildman–Crippen MR) is 91.3 cm³/mol. The number of aromatic nitrogens is 2. The first kappa shape index (κ1) is 17.3. The van der Waals surface area contributed by atoms with Crippen molar-refractivity contribution >= 4 is 21.8 Å². The van der Waals surface area contributed by atoms with E-state index in [1.165, 1.54) is 6.08 Å². The normalized spacial score (nSPS) is 18.2. The van der Waals surface area contributed by atoms with Gasteiger partial charge in [0.15, 0.2) is 0 Å². The number of carbonyl (C=O) groups excluding carboxylic acids is 1. The highest BCUT2D eigenvalue weighted by Crippen LogP contribution is 2.31. The van der Waals surface area contributed by atoms with Crippen molar-refractivity contribution in [3.63, 3.8) is 0 Å². The third kappa shape index (κ3) is 3.96. The van der Waals surface area contributed by atoms with Crippen LogP contribution in [0.15, 0.2) is 40.0 Å². The van der Waals surface area contributed by atoms with Crippen molar-refractivity contribution in [1.82, 2.24) is 15.1 Å². The molecule has 1 aliphatic rings. The summed E-state index contributed by atoms with van der Waals surface area (Å²) in [5.74, 6) is -0.00260. The first-order chi connectivity index (χ1) is 11.8. The van der Waals surface area contributed by atoms with Crippen LogP contribution in [0.25, 0.3) is 6.08 Å². The van der Waals surface area contributed by atoms with Gasteiger partial charge in [0, 0.05) is 18.9 Å². The van der Waals surface area contributed by atoms with E-state index in [9.17, 15) is 13.2 Å². The predicted octanol–water partition coefficient (Wildman–Crippen LogP) is 2.16. The number of amides is 1. The molecule has 3 rings (SSSR count). The maximum absolute atomic E-state index is 12.5. The van der Waals surface area contributed by atoms with E-state index in [2.05, 4.69) is 10.2 Å². The molecule has 0 N–H and O–H groups in total. The number of hydrogen-bond donors (Lipinski definition) is 0. The molecular formula is C17H19N3O4S. The largest absolute Gasteiger partial charge is 0.410 e. The summed E-state index contributed by atoms with van der Waals surface area (Å²) in [6.07, 6.45) is 5.73. The first-order valence-corrected chi connectivity index (χ1v) is 9.82. The van der Waals surface area contributed by atoms with Gasteiger partial charge >= 0.3 is 5.22 Å². The minimum absolute atomic E-state index is 0.162. The number of aryl methyl sites for hydroxylation is 1. The molecule has 0 aliphatic carbocycles. The summed E-state index contributed by atoms with van der Waals surface area (Å²) in [6.45, 7) is 2.57. The Bertz CT molecular complexity index is 900. The molecule has 2 heterocycles. The SMILES string of the molecule is Cc1ccc(/C=C/C(=O)N2CCC[C@H]2c2nnc(S(C)(=O)=O)o2)cc1. The molecule has 2 aromatic rings. The maximum Gasteiger partial charge on any atom is 0.335 e. The molecular weight excluding hydrogens is 342 g/mol. The van der Waals surface area contributed by atoms with Gasteiger partial charge in [0.05, 0.1) is 0 Å². The lowest BCUT2D eigenvalue weighted by molar-refractivity contribution is -0.127. The number of benzene rings is 1. The number of rotatable bonds is 4. The Morgan fingerprint density at radius 2 is 2.00 bits per heavy atom. The highest BCUT2D eigenvalue weighted by atomic mass is 32.2. The van der Waals surface area contributed by atoms with Crippen molar-refractivity contribution in [3.05, 3.63) is 47.4 Å². The number of hydrogen-bond acceptors (Lipinski definition) is 6. The Hall–Kier alpha value is -2.48. The summed E-state index contributed by atoms with van der Waals surface area (Å²) in [5.41, 5.74) is 2.09. The smallest absolute Gasteiger partial charge is 0.335 e. The molecule has 1 saturated heterocycles. The van der Waals surface area contributed by atoms with Crippen molar-refractivity contribution in [2.24, 2.45) is 0 Å². The van der Waals surface area contributed by atoms with E-state index in [1.807, 2.05) is 31.2 Å². The van der Waals surface area contributed by atoms with Gasteiger partial charge in [-0.3, -0.25) is 4.79 Å². The summed E-state index contributed by atoms with van der Waals surface area (Å²) >= 11 is 0. The molecule has 1 atom stereocenters. The molecule has 7 nitrogen and oxygen atoms in total. The van der Waals surface area contributed by atoms with Gasteiger partial charge in [-0.2, -0.15) is 0 Å². The van der Waals surface area contributed by atoms with Gasteiger partial charge in [-0.1, -0.05) is 34.9 Å². The average Bonchev–Trinajstić information content (AvgIpc) is 3.22. The van der Waals surface area contributed by atoms with E-state index in [0.717, 1.165) is 23.8 Å². The second kappa shape index (κ2) is 6.79. The van der Waals surface area contributed by atoms with Gasteiger partial charge in [-0.25, -0.2) is 8.42 Å². The van der Waals surface area contributed by atoms with E-state index in [4.69, 9.17) is 4.42 Å². The van der Waals surface area contributed by atoms with Crippen LogP contribution in [0.1, 0.15) is 35.9 Å².